The van der Waals surface area contributed by atoms with Crippen molar-refractivity contribution < 1.29 is 19.4 Å². The van der Waals surface area contributed by atoms with Gasteiger partial charge in [-0.2, -0.15) is 0 Å². The number of fused-ring (bicyclic) bond motifs is 1. The maximum Gasteiger partial charge on any atom is 0.334 e. The van der Waals surface area contributed by atoms with Gasteiger partial charge in [-0.05, 0) is 31.0 Å². The minimum Gasteiger partial charge on any atom is -0.496 e. The molecular formula is C21H23N3O4. The minimum absolute atomic E-state index is 0.230. The van der Waals surface area contributed by atoms with Gasteiger partial charge in [-0.15, -0.1) is 0 Å². The van der Waals surface area contributed by atoms with Crippen LogP contribution in [0.2, 0.25) is 0 Å². The zero-order chi connectivity index (χ0) is 20.4. The maximum absolute atomic E-state index is 12.2. The summed E-state index contributed by atoms with van der Waals surface area (Å²) in [6, 6.07) is 5.60. The summed E-state index contributed by atoms with van der Waals surface area (Å²) in [5.41, 5.74) is 4.78. The molecule has 1 unspecified atom stereocenters. The second-order valence-corrected chi connectivity index (χ2v) is 6.53. The SMILES string of the molecule is CN=Cc1ccc(C2C(C(=O)O)=C(C)Nc3c(C)cnc(OC)c32)c(OC)c1. The molecule has 2 heterocycles. The molecule has 146 valence electrons. The third-order valence-corrected chi connectivity index (χ3v) is 4.83. The van der Waals surface area contributed by atoms with Crippen LogP contribution >= 0.6 is 0 Å². The van der Waals surface area contributed by atoms with E-state index in [1.807, 2.05) is 25.1 Å². The first-order valence-corrected chi connectivity index (χ1v) is 8.77. The first-order chi connectivity index (χ1) is 13.4. The fourth-order valence-electron chi connectivity index (χ4n) is 3.61. The molecule has 0 saturated carbocycles. The van der Waals surface area contributed by atoms with Crippen LogP contribution in [0.15, 0.2) is 40.7 Å². The van der Waals surface area contributed by atoms with Crippen molar-refractivity contribution in [3.8, 4) is 11.6 Å². The van der Waals surface area contributed by atoms with Crippen LogP contribution in [0.1, 0.15) is 35.1 Å². The summed E-state index contributed by atoms with van der Waals surface area (Å²) in [6.45, 7) is 3.68. The molecule has 0 bridgehead atoms. The van der Waals surface area contributed by atoms with E-state index in [-0.39, 0.29) is 5.57 Å². The van der Waals surface area contributed by atoms with Crippen LogP contribution in [0.5, 0.6) is 11.6 Å². The highest BCUT2D eigenvalue weighted by molar-refractivity contribution is 5.94. The van der Waals surface area contributed by atoms with Crippen molar-refractivity contribution in [2.24, 2.45) is 4.99 Å². The van der Waals surface area contributed by atoms with E-state index in [9.17, 15) is 9.90 Å². The molecule has 1 aliphatic rings. The molecule has 0 fully saturated rings. The zero-order valence-electron chi connectivity index (χ0n) is 16.5. The highest BCUT2D eigenvalue weighted by atomic mass is 16.5. The Morgan fingerprint density at radius 3 is 2.64 bits per heavy atom. The lowest BCUT2D eigenvalue weighted by atomic mass is 9.80. The molecular weight excluding hydrogens is 358 g/mol. The van der Waals surface area contributed by atoms with Gasteiger partial charge in [0, 0.05) is 30.7 Å². The smallest absolute Gasteiger partial charge is 0.334 e. The van der Waals surface area contributed by atoms with E-state index in [2.05, 4.69) is 15.3 Å². The van der Waals surface area contributed by atoms with E-state index in [4.69, 9.17) is 9.47 Å². The molecule has 1 aliphatic heterocycles. The van der Waals surface area contributed by atoms with Gasteiger partial charge in [-0.1, -0.05) is 12.1 Å². The van der Waals surface area contributed by atoms with Gasteiger partial charge >= 0.3 is 5.97 Å². The van der Waals surface area contributed by atoms with Crippen LogP contribution in [0.3, 0.4) is 0 Å². The van der Waals surface area contributed by atoms with Gasteiger partial charge < -0.3 is 19.9 Å². The number of aliphatic imine (C=N–C) groups is 1. The summed E-state index contributed by atoms with van der Waals surface area (Å²) >= 11 is 0. The minimum atomic E-state index is -1.01. The van der Waals surface area contributed by atoms with Gasteiger partial charge in [0.05, 0.1) is 37.0 Å². The molecule has 2 N–H and O–H groups in total. The summed E-state index contributed by atoms with van der Waals surface area (Å²) < 4.78 is 11.1. The van der Waals surface area contributed by atoms with E-state index < -0.39 is 11.9 Å². The van der Waals surface area contributed by atoms with Crippen LogP contribution in [-0.2, 0) is 4.79 Å². The topological polar surface area (TPSA) is 93.0 Å². The Hall–Kier alpha value is -3.35. The number of pyridine rings is 1. The number of carboxylic acids is 1. The Morgan fingerprint density at radius 2 is 2.04 bits per heavy atom. The number of aryl methyl sites for hydroxylation is 1. The molecule has 7 nitrogen and oxygen atoms in total. The molecule has 3 rings (SSSR count). The lowest BCUT2D eigenvalue weighted by molar-refractivity contribution is -0.133. The number of nitrogens with one attached hydrogen (secondary N) is 1. The van der Waals surface area contributed by atoms with E-state index >= 15 is 0 Å². The number of ether oxygens (including phenoxy) is 2. The number of carbonyl (C=O) groups is 1. The third kappa shape index (κ3) is 3.19. The molecule has 0 radical (unpaired) electrons. The summed E-state index contributed by atoms with van der Waals surface area (Å²) in [7, 11) is 4.78. The summed E-state index contributed by atoms with van der Waals surface area (Å²) in [5, 5.41) is 13.2. The van der Waals surface area contributed by atoms with Gasteiger partial charge in [0.2, 0.25) is 5.88 Å². The van der Waals surface area contributed by atoms with Crippen molar-refractivity contribution in [3.05, 3.63) is 57.9 Å². The fourth-order valence-corrected chi connectivity index (χ4v) is 3.61. The Morgan fingerprint density at radius 1 is 1.29 bits per heavy atom. The van der Waals surface area contributed by atoms with Gasteiger partial charge in [-0.3, -0.25) is 4.99 Å². The van der Waals surface area contributed by atoms with Crippen LogP contribution in [0, 0.1) is 6.92 Å². The van der Waals surface area contributed by atoms with Crippen molar-refractivity contribution in [3.63, 3.8) is 0 Å². The van der Waals surface area contributed by atoms with Crippen molar-refractivity contribution in [1.29, 1.82) is 0 Å². The standard InChI is InChI=1S/C21H23N3O4/c1-11-9-23-20(28-5)18-17(16(21(25)26)12(2)24-19(11)18)14-7-6-13(10-22-3)8-15(14)27-4/h6-10,17,24H,1-5H3,(H,25,26). The van der Waals surface area contributed by atoms with E-state index in [1.54, 1.807) is 33.5 Å². The van der Waals surface area contributed by atoms with Gasteiger partial charge in [-0.25, -0.2) is 9.78 Å². The van der Waals surface area contributed by atoms with Crippen LogP contribution < -0.4 is 14.8 Å². The van der Waals surface area contributed by atoms with Gasteiger partial charge in [0.25, 0.3) is 0 Å². The molecule has 0 spiro atoms. The zero-order valence-corrected chi connectivity index (χ0v) is 16.5. The van der Waals surface area contributed by atoms with Crippen molar-refractivity contribution >= 4 is 17.9 Å². The van der Waals surface area contributed by atoms with E-state index in [0.29, 0.717) is 22.9 Å². The average molecular weight is 381 g/mol. The lowest BCUT2D eigenvalue weighted by Crippen LogP contribution is -2.24. The Kier molecular flexibility index (Phi) is 5.35. The molecule has 1 atom stereocenters. The van der Waals surface area contributed by atoms with E-state index in [1.165, 1.54) is 7.11 Å². The predicted molar refractivity (Wildman–Crippen MR) is 108 cm³/mol. The Labute approximate surface area is 163 Å². The quantitative estimate of drug-likeness (QED) is 0.772. The maximum atomic E-state index is 12.2. The molecule has 2 aromatic rings. The number of methoxy groups -OCH3 is 2. The van der Waals surface area contributed by atoms with Crippen molar-refractivity contribution in [1.82, 2.24) is 4.98 Å². The number of hydrogen-bond acceptors (Lipinski definition) is 6. The normalized spacial score (nSPS) is 16.0. The van der Waals surface area contributed by atoms with Crippen molar-refractivity contribution in [2.45, 2.75) is 19.8 Å². The van der Waals surface area contributed by atoms with Crippen molar-refractivity contribution in [2.75, 3.05) is 26.6 Å². The molecule has 7 heteroatoms. The van der Waals surface area contributed by atoms with E-state index in [0.717, 1.165) is 22.4 Å². The predicted octanol–water partition coefficient (Wildman–Crippen LogP) is 3.37. The summed E-state index contributed by atoms with van der Waals surface area (Å²) in [4.78, 5) is 20.6. The van der Waals surface area contributed by atoms with Gasteiger partial charge in [0.1, 0.15) is 5.75 Å². The molecule has 28 heavy (non-hydrogen) atoms. The van der Waals surface area contributed by atoms with Crippen LogP contribution in [0.4, 0.5) is 5.69 Å². The second kappa shape index (κ2) is 7.72. The second-order valence-electron chi connectivity index (χ2n) is 6.53. The van der Waals surface area contributed by atoms with Crippen LogP contribution in [-0.4, -0.2) is 43.5 Å². The summed E-state index contributed by atoms with van der Waals surface area (Å²) in [6.07, 6.45) is 3.42. The Balaban J connectivity index is 2.35. The molecule has 1 aromatic heterocycles. The molecule has 1 aromatic carbocycles. The Bertz CT molecular complexity index is 995. The number of anilines is 1. The number of benzene rings is 1. The third-order valence-electron chi connectivity index (χ3n) is 4.83. The number of nitrogens with zero attached hydrogens (tertiary/aromatic N) is 2. The number of rotatable bonds is 5. The number of aliphatic carboxylic acids is 1. The fraction of sp³-hybridized carbons (Fsp3) is 0.286. The lowest BCUT2D eigenvalue weighted by Gasteiger charge is -2.31. The molecule has 0 amide bonds. The number of allylic oxidation sites excluding steroid dienone is 1. The first-order valence-electron chi connectivity index (χ1n) is 8.77. The van der Waals surface area contributed by atoms with Crippen LogP contribution in [0.25, 0.3) is 0 Å². The number of carboxylic acid groups (broad SMARTS) is 1. The highest BCUT2D eigenvalue weighted by Crippen LogP contribution is 2.48. The largest absolute Gasteiger partial charge is 0.496 e. The van der Waals surface area contributed by atoms with Gasteiger partial charge in [0.15, 0.2) is 0 Å². The number of hydrogen-bond donors (Lipinski definition) is 2. The molecule has 0 saturated heterocycles. The number of aromatic nitrogens is 1. The summed E-state index contributed by atoms with van der Waals surface area (Å²) in [5.74, 6) is -0.653. The monoisotopic (exact) mass is 381 g/mol. The average Bonchev–Trinajstić information content (AvgIpc) is 2.67. The first kappa shape index (κ1) is 19.4. The highest BCUT2D eigenvalue weighted by Gasteiger charge is 2.37. The molecule has 0 aliphatic carbocycles.